The molecule has 4 aromatic rings. The molecule has 0 N–H and O–H groups in total. The van der Waals surface area contributed by atoms with E-state index in [1.54, 1.807) is 37.7 Å². The molecule has 29 heavy (non-hydrogen) atoms. The van der Waals surface area contributed by atoms with Crippen molar-refractivity contribution in [3.05, 3.63) is 95.3 Å². The van der Waals surface area contributed by atoms with Gasteiger partial charge in [0.1, 0.15) is 0 Å². The number of nitrogens with zero attached hydrogens (tertiary/aromatic N) is 2. The predicted octanol–water partition coefficient (Wildman–Crippen LogP) is 5.12. The highest BCUT2D eigenvalue weighted by Crippen LogP contribution is 2.20. The van der Waals surface area contributed by atoms with Gasteiger partial charge in [-0.15, -0.1) is 0 Å². The van der Waals surface area contributed by atoms with Crippen LogP contribution in [0.25, 0.3) is 22.2 Å². The molecule has 1 heterocycles. The first-order valence-corrected chi connectivity index (χ1v) is 8.93. The van der Waals surface area contributed by atoms with Gasteiger partial charge in [-0.1, -0.05) is 17.9 Å². The summed E-state index contributed by atoms with van der Waals surface area (Å²) in [6, 6.07) is 15.2. The van der Waals surface area contributed by atoms with Crippen molar-refractivity contribution in [2.75, 3.05) is 7.11 Å². The molecule has 0 saturated heterocycles. The van der Waals surface area contributed by atoms with Gasteiger partial charge in [-0.05, 0) is 59.3 Å². The van der Waals surface area contributed by atoms with E-state index in [1.165, 1.54) is 12.1 Å². The van der Waals surface area contributed by atoms with Crippen molar-refractivity contribution in [2.24, 2.45) is 0 Å². The lowest BCUT2D eigenvalue weighted by Gasteiger charge is -2.02. The van der Waals surface area contributed by atoms with Crippen LogP contribution in [0.1, 0.15) is 16.7 Å². The number of fused-ring (bicyclic) bond motifs is 1. The molecule has 3 aromatic carbocycles. The largest absolute Gasteiger partial charge is 0.380 e. The van der Waals surface area contributed by atoms with Gasteiger partial charge in [0.05, 0.1) is 6.61 Å². The van der Waals surface area contributed by atoms with Crippen molar-refractivity contribution in [1.29, 1.82) is 0 Å². The molecule has 1 aromatic heterocycles. The third-order valence-electron chi connectivity index (χ3n) is 4.39. The lowest BCUT2D eigenvalue weighted by molar-refractivity contribution is 0.184. The lowest BCUT2D eigenvalue weighted by Crippen LogP contribution is -1.93. The quantitative estimate of drug-likeness (QED) is 0.459. The zero-order valence-corrected chi connectivity index (χ0v) is 15.6. The van der Waals surface area contributed by atoms with Crippen molar-refractivity contribution in [3.63, 3.8) is 0 Å². The molecule has 0 radical (unpaired) electrons. The summed E-state index contributed by atoms with van der Waals surface area (Å²) >= 11 is 0. The number of methoxy groups -OCH3 is 1. The zero-order valence-electron chi connectivity index (χ0n) is 15.6. The average molecular weight is 386 g/mol. The number of aromatic nitrogens is 2. The van der Waals surface area contributed by atoms with Gasteiger partial charge < -0.3 is 4.74 Å². The summed E-state index contributed by atoms with van der Waals surface area (Å²) in [5, 5.41) is 1.25. The predicted molar refractivity (Wildman–Crippen MR) is 108 cm³/mol. The molecule has 0 saturated carbocycles. The van der Waals surface area contributed by atoms with E-state index in [1.807, 2.05) is 24.3 Å². The standard InChI is InChI=1S/C24H16F2N2O/c1-29-15-18-13-27-24(28-14-18)19-7-4-16(5-8-19)2-3-17-6-9-20-11-22(25)23(26)12-21(20)10-17/h4-14H,15H2,1H3. The smallest absolute Gasteiger partial charge is 0.159 e. The van der Waals surface area contributed by atoms with Crippen LogP contribution in [0.15, 0.2) is 67.0 Å². The van der Waals surface area contributed by atoms with Crippen molar-refractivity contribution >= 4 is 10.8 Å². The Labute approximate surface area is 167 Å². The monoisotopic (exact) mass is 386 g/mol. The molecule has 0 atom stereocenters. The molecule has 0 amide bonds. The average Bonchev–Trinajstić information content (AvgIpc) is 2.74. The van der Waals surface area contributed by atoms with E-state index in [2.05, 4.69) is 21.8 Å². The molecule has 0 aliphatic carbocycles. The van der Waals surface area contributed by atoms with Crippen LogP contribution in [-0.4, -0.2) is 17.1 Å². The molecule has 3 nitrogen and oxygen atoms in total. The maximum absolute atomic E-state index is 13.4. The fraction of sp³-hybridized carbons (Fsp3) is 0.0833. The van der Waals surface area contributed by atoms with E-state index in [0.717, 1.165) is 22.3 Å². The Bertz CT molecular complexity index is 1220. The highest BCUT2D eigenvalue weighted by atomic mass is 19.2. The molecule has 0 bridgehead atoms. The van der Waals surface area contributed by atoms with Crippen LogP contribution in [0.5, 0.6) is 0 Å². The number of ether oxygens (including phenoxy) is 1. The first kappa shape index (κ1) is 18.7. The summed E-state index contributed by atoms with van der Waals surface area (Å²) in [6.45, 7) is 0.477. The van der Waals surface area contributed by atoms with E-state index in [0.29, 0.717) is 23.2 Å². The number of halogens is 2. The zero-order chi connectivity index (χ0) is 20.2. The number of hydrogen-bond acceptors (Lipinski definition) is 3. The minimum atomic E-state index is -0.865. The first-order chi connectivity index (χ1) is 14.1. The molecule has 0 fully saturated rings. The number of rotatable bonds is 3. The maximum atomic E-state index is 13.4. The summed E-state index contributed by atoms with van der Waals surface area (Å²) in [6.07, 6.45) is 3.49. The van der Waals surface area contributed by atoms with Crippen molar-refractivity contribution in [3.8, 4) is 23.2 Å². The molecular formula is C24H16F2N2O. The second-order valence-corrected chi connectivity index (χ2v) is 6.50. The van der Waals surface area contributed by atoms with Crippen LogP contribution in [0, 0.1) is 23.5 Å². The third-order valence-corrected chi connectivity index (χ3v) is 4.39. The van der Waals surface area contributed by atoms with E-state index in [9.17, 15) is 8.78 Å². The minimum Gasteiger partial charge on any atom is -0.380 e. The summed E-state index contributed by atoms with van der Waals surface area (Å²) in [4.78, 5) is 8.70. The van der Waals surface area contributed by atoms with Gasteiger partial charge in [0, 0.05) is 41.8 Å². The Morgan fingerprint density at radius 3 is 2.10 bits per heavy atom. The Morgan fingerprint density at radius 2 is 1.41 bits per heavy atom. The first-order valence-electron chi connectivity index (χ1n) is 8.93. The molecule has 142 valence electrons. The third kappa shape index (κ3) is 4.29. The van der Waals surface area contributed by atoms with Gasteiger partial charge in [0.2, 0.25) is 0 Å². The summed E-state index contributed by atoms with van der Waals surface area (Å²) in [5.41, 5.74) is 3.36. The van der Waals surface area contributed by atoms with Crippen LogP contribution < -0.4 is 0 Å². The highest BCUT2D eigenvalue weighted by molar-refractivity contribution is 5.84. The molecule has 0 aliphatic heterocycles. The van der Waals surface area contributed by atoms with Crippen LogP contribution in [0.3, 0.4) is 0 Å². The molecule has 5 heteroatoms. The van der Waals surface area contributed by atoms with E-state index in [-0.39, 0.29) is 0 Å². The maximum Gasteiger partial charge on any atom is 0.159 e. The Hall–Kier alpha value is -3.62. The molecule has 0 aliphatic rings. The SMILES string of the molecule is COCc1cnc(-c2ccc(C#Cc3ccc4cc(F)c(F)cc4c3)cc2)nc1. The number of hydrogen-bond donors (Lipinski definition) is 0. The second-order valence-electron chi connectivity index (χ2n) is 6.50. The Balaban J connectivity index is 1.54. The molecule has 0 unspecified atom stereocenters. The highest BCUT2D eigenvalue weighted by Gasteiger charge is 2.04. The Kier molecular flexibility index (Phi) is 5.28. The van der Waals surface area contributed by atoms with Gasteiger partial charge in [-0.2, -0.15) is 0 Å². The topological polar surface area (TPSA) is 35.0 Å². The van der Waals surface area contributed by atoms with Crippen molar-refractivity contribution in [1.82, 2.24) is 9.97 Å². The van der Waals surface area contributed by atoms with E-state index < -0.39 is 11.6 Å². The van der Waals surface area contributed by atoms with Crippen LogP contribution in [-0.2, 0) is 11.3 Å². The summed E-state index contributed by atoms with van der Waals surface area (Å²) in [7, 11) is 1.63. The summed E-state index contributed by atoms with van der Waals surface area (Å²) in [5.74, 6) is 5.05. The number of benzene rings is 3. The van der Waals surface area contributed by atoms with Gasteiger partial charge in [-0.3, -0.25) is 0 Å². The van der Waals surface area contributed by atoms with Gasteiger partial charge >= 0.3 is 0 Å². The molecule has 0 spiro atoms. The van der Waals surface area contributed by atoms with E-state index in [4.69, 9.17) is 4.74 Å². The fourth-order valence-electron chi connectivity index (χ4n) is 2.91. The van der Waals surface area contributed by atoms with Gasteiger partial charge in [-0.25, -0.2) is 18.7 Å². The van der Waals surface area contributed by atoms with Crippen LogP contribution in [0.2, 0.25) is 0 Å². The van der Waals surface area contributed by atoms with Crippen molar-refractivity contribution < 1.29 is 13.5 Å². The van der Waals surface area contributed by atoms with Crippen molar-refractivity contribution in [2.45, 2.75) is 6.61 Å². The van der Waals surface area contributed by atoms with Gasteiger partial charge in [0.25, 0.3) is 0 Å². The van der Waals surface area contributed by atoms with Gasteiger partial charge in [0.15, 0.2) is 17.5 Å². The molecule has 4 rings (SSSR count). The summed E-state index contributed by atoms with van der Waals surface area (Å²) < 4.78 is 31.8. The van der Waals surface area contributed by atoms with E-state index >= 15 is 0 Å². The lowest BCUT2D eigenvalue weighted by atomic mass is 10.1. The van der Waals surface area contributed by atoms with Crippen LogP contribution in [0.4, 0.5) is 8.78 Å². The van der Waals surface area contributed by atoms with Crippen LogP contribution >= 0.6 is 0 Å². The fourth-order valence-corrected chi connectivity index (χ4v) is 2.91. The second kappa shape index (κ2) is 8.17. The Morgan fingerprint density at radius 1 is 0.793 bits per heavy atom. The molecular weight excluding hydrogens is 370 g/mol. The normalized spacial score (nSPS) is 10.6. The minimum absolute atomic E-state index is 0.477.